The van der Waals surface area contributed by atoms with E-state index in [9.17, 15) is 4.55 Å². The third-order valence-corrected chi connectivity index (χ3v) is 6.08. The minimum Gasteiger partial charge on any atom is -0.593 e. The van der Waals surface area contributed by atoms with Crippen molar-refractivity contribution >= 4 is 17.2 Å². The highest BCUT2D eigenvalue weighted by atomic mass is 32.2. The molecule has 9 nitrogen and oxygen atoms in total. The van der Waals surface area contributed by atoms with Crippen LogP contribution in [0.5, 0.6) is 0 Å². The Morgan fingerprint density at radius 1 is 0.969 bits per heavy atom. The molecule has 0 saturated carbocycles. The topological polar surface area (TPSA) is 143 Å². The molecular weight excluding hydrogens is 426 g/mol. The van der Waals surface area contributed by atoms with Crippen LogP contribution in [0.2, 0.25) is 0 Å². The van der Waals surface area contributed by atoms with Crippen molar-refractivity contribution in [1.82, 2.24) is 24.5 Å². The van der Waals surface area contributed by atoms with Crippen LogP contribution in [-0.2, 0) is 17.8 Å². The van der Waals surface area contributed by atoms with E-state index in [2.05, 4.69) is 20.2 Å². The Balaban J connectivity index is 1.61. The van der Waals surface area contributed by atoms with Gasteiger partial charge in [0.15, 0.2) is 16.4 Å². The number of rotatable bonds is 7. The standard InChI is InChI=1S/C22H23N7O2S/c1-29(2)32(30)17-9-7-15(8-10-17)18-13-25-20(24)19(26-18)22-28-27-21(31-22)16-5-3-14(4-6-16)11-12-23/h3-10,13H,11-12,23H2,1-2H3,(H2,24,25). The molecule has 164 valence electrons. The monoisotopic (exact) mass is 449 g/mol. The summed E-state index contributed by atoms with van der Waals surface area (Å²) >= 11 is -1.22. The van der Waals surface area contributed by atoms with Crippen LogP contribution in [0.25, 0.3) is 34.3 Å². The van der Waals surface area contributed by atoms with Gasteiger partial charge >= 0.3 is 0 Å². The number of aromatic nitrogens is 4. The van der Waals surface area contributed by atoms with Crippen molar-refractivity contribution in [3.63, 3.8) is 0 Å². The summed E-state index contributed by atoms with van der Waals surface area (Å²) < 4.78 is 19.7. The van der Waals surface area contributed by atoms with Crippen LogP contribution in [0, 0.1) is 0 Å². The third kappa shape index (κ3) is 4.63. The van der Waals surface area contributed by atoms with Gasteiger partial charge in [-0.15, -0.1) is 14.5 Å². The van der Waals surface area contributed by atoms with Gasteiger partial charge in [-0.05, 0) is 54.9 Å². The van der Waals surface area contributed by atoms with Crippen molar-refractivity contribution in [1.29, 1.82) is 0 Å². The van der Waals surface area contributed by atoms with Crippen molar-refractivity contribution in [2.75, 3.05) is 26.4 Å². The van der Waals surface area contributed by atoms with Crippen molar-refractivity contribution in [3.05, 3.63) is 60.3 Å². The van der Waals surface area contributed by atoms with Gasteiger partial charge in [-0.3, -0.25) is 0 Å². The van der Waals surface area contributed by atoms with Crippen LogP contribution in [0.15, 0.2) is 64.0 Å². The van der Waals surface area contributed by atoms with Crippen molar-refractivity contribution < 1.29 is 8.97 Å². The van der Waals surface area contributed by atoms with E-state index in [-0.39, 0.29) is 11.7 Å². The van der Waals surface area contributed by atoms with Gasteiger partial charge in [-0.25, -0.2) is 9.97 Å². The molecule has 2 aromatic heterocycles. The van der Waals surface area contributed by atoms with E-state index in [0.717, 1.165) is 23.1 Å². The first-order valence-corrected chi connectivity index (χ1v) is 11.0. The van der Waals surface area contributed by atoms with E-state index >= 15 is 0 Å². The first kappa shape index (κ1) is 21.9. The molecule has 0 fully saturated rings. The van der Waals surface area contributed by atoms with Gasteiger partial charge in [0, 0.05) is 25.2 Å². The largest absolute Gasteiger partial charge is 0.593 e. The average Bonchev–Trinajstić information content (AvgIpc) is 3.30. The summed E-state index contributed by atoms with van der Waals surface area (Å²) in [6, 6.07) is 15.0. The summed E-state index contributed by atoms with van der Waals surface area (Å²) in [7, 11) is 3.52. The summed E-state index contributed by atoms with van der Waals surface area (Å²) in [4.78, 5) is 9.52. The van der Waals surface area contributed by atoms with E-state index in [1.807, 2.05) is 36.4 Å². The Morgan fingerprint density at radius 3 is 2.28 bits per heavy atom. The predicted molar refractivity (Wildman–Crippen MR) is 123 cm³/mol. The number of hydrogen-bond donors (Lipinski definition) is 2. The normalized spacial score (nSPS) is 12.3. The molecular formula is C22H23N7O2S. The zero-order valence-corrected chi connectivity index (χ0v) is 18.5. The molecule has 0 spiro atoms. The molecule has 0 radical (unpaired) electrons. The number of hydrogen-bond acceptors (Lipinski definition) is 9. The van der Waals surface area contributed by atoms with Crippen LogP contribution < -0.4 is 11.5 Å². The van der Waals surface area contributed by atoms with Crippen LogP contribution in [0.4, 0.5) is 5.82 Å². The molecule has 0 aliphatic heterocycles. The Labute approximate surface area is 188 Å². The third-order valence-electron chi connectivity index (χ3n) is 4.75. The van der Waals surface area contributed by atoms with Crippen molar-refractivity contribution in [2.45, 2.75) is 11.3 Å². The SMILES string of the molecule is CN(C)[S+]([O-])c1ccc(-c2cnc(N)c(-c3nnc(-c4ccc(CCN)cc4)o3)n2)cc1. The molecule has 2 heterocycles. The zero-order chi connectivity index (χ0) is 22.7. The predicted octanol–water partition coefficient (Wildman–Crippen LogP) is 2.53. The van der Waals surface area contributed by atoms with Crippen LogP contribution >= 0.6 is 0 Å². The highest BCUT2D eigenvalue weighted by Gasteiger charge is 2.18. The van der Waals surface area contributed by atoms with Crippen LogP contribution in [0.1, 0.15) is 5.56 Å². The maximum Gasteiger partial charge on any atom is 0.270 e. The van der Waals surface area contributed by atoms with E-state index < -0.39 is 11.4 Å². The second-order valence-corrected chi connectivity index (χ2v) is 8.92. The van der Waals surface area contributed by atoms with Gasteiger partial charge in [0.2, 0.25) is 5.89 Å². The number of nitrogens with two attached hydrogens (primary N) is 2. The quantitative estimate of drug-likeness (QED) is 0.407. The van der Waals surface area contributed by atoms with E-state index in [0.29, 0.717) is 28.7 Å². The Kier molecular flexibility index (Phi) is 6.47. The molecule has 0 aliphatic rings. The lowest BCUT2D eigenvalue weighted by Gasteiger charge is -2.15. The smallest absolute Gasteiger partial charge is 0.270 e. The lowest BCUT2D eigenvalue weighted by molar-refractivity contribution is 0.520. The number of benzene rings is 2. The molecule has 0 saturated heterocycles. The Bertz CT molecular complexity index is 1190. The fourth-order valence-corrected chi connectivity index (χ4v) is 3.85. The summed E-state index contributed by atoms with van der Waals surface area (Å²) in [6.45, 7) is 0.592. The van der Waals surface area contributed by atoms with Crippen molar-refractivity contribution in [3.8, 4) is 34.3 Å². The lowest BCUT2D eigenvalue weighted by atomic mass is 10.1. The second kappa shape index (κ2) is 9.45. The number of anilines is 1. The number of nitrogen functional groups attached to an aromatic ring is 1. The summed E-state index contributed by atoms with van der Waals surface area (Å²) in [6.07, 6.45) is 2.38. The molecule has 2 aromatic carbocycles. The molecule has 10 heteroatoms. The maximum atomic E-state index is 12.2. The molecule has 32 heavy (non-hydrogen) atoms. The first-order chi connectivity index (χ1) is 15.5. The van der Waals surface area contributed by atoms with E-state index in [1.165, 1.54) is 0 Å². The second-order valence-electron chi connectivity index (χ2n) is 7.22. The highest BCUT2D eigenvalue weighted by Crippen LogP contribution is 2.28. The molecule has 4 rings (SSSR count). The average molecular weight is 450 g/mol. The zero-order valence-electron chi connectivity index (χ0n) is 17.7. The Hall–Kier alpha value is -3.31. The van der Waals surface area contributed by atoms with Gasteiger partial charge < -0.3 is 20.4 Å². The fraction of sp³-hybridized carbons (Fsp3) is 0.182. The summed E-state index contributed by atoms with van der Waals surface area (Å²) in [5, 5.41) is 8.24. The van der Waals surface area contributed by atoms with E-state index in [4.69, 9.17) is 15.9 Å². The molecule has 4 aromatic rings. The molecule has 0 bridgehead atoms. The first-order valence-electron chi connectivity index (χ1n) is 9.91. The van der Waals surface area contributed by atoms with Crippen LogP contribution in [-0.4, -0.2) is 49.7 Å². The minimum absolute atomic E-state index is 0.184. The molecule has 0 aliphatic carbocycles. The summed E-state index contributed by atoms with van der Waals surface area (Å²) in [5.41, 5.74) is 15.3. The minimum atomic E-state index is -1.22. The van der Waals surface area contributed by atoms with Gasteiger partial charge in [0.25, 0.3) is 5.89 Å². The van der Waals surface area contributed by atoms with Gasteiger partial charge in [0.1, 0.15) is 0 Å². The molecule has 1 atom stereocenters. The Morgan fingerprint density at radius 2 is 1.62 bits per heavy atom. The fourth-order valence-electron chi connectivity index (χ4n) is 3.06. The van der Waals surface area contributed by atoms with Gasteiger partial charge in [0.05, 0.1) is 23.3 Å². The summed E-state index contributed by atoms with van der Waals surface area (Å²) in [5.74, 6) is 0.734. The van der Waals surface area contributed by atoms with Gasteiger partial charge in [-0.1, -0.05) is 12.1 Å². The van der Waals surface area contributed by atoms with Crippen molar-refractivity contribution in [2.24, 2.45) is 5.73 Å². The van der Waals surface area contributed by atoms with Crippen LogP contribution in [0.3, 0.4) is 0 Å². The maximum absolute atomic E-state index is 12.2. The van der Waals surface area contributed by atoms with Gasteiger partial charge in [-0.2, -0.15) is 0 Å². The van der Waals surface area contributed by atoms with E-state index in [1.54, 1.807) is 36.7 Å². The molecule has 4 N–H and O–H groups in total. The lowest BCUT2D eigenvalue weighted by Crippen LogP contribution is -2.22. The molecule has 1 unspecified atom stereocenters. The molecule has 0 amide bonds. The number of nitrogens with zero attached hydrogens (tertiary/aromatic N) is 5. The highest BCUT2D eigenvalue weighted by molar-refractivity contribution is 7.89.